The highest BCUT2D eigenvalue weighted by molar-refractivity contribution is 6.35. The number of rotatable bonds is 11. The Morgan fingerprint density at radius 2 is 1.62 bits per heavy atom. The van der Waals surface area contributed by atoms with Crippen molar-refractivity contribution in [3.8, 4) is 11.5 Å². The van der Waals surface area contributed by atoms with Crippen LogP contribution in [0.2, 0.25) is 10.0 Å². The lowest BCUT2D eigenvalue weighted by Crippen LogP contribution is -2.43. The summed E-state index contributed by atoms with van der Waals surface area (Å²) in [6, 6.07) is 11.1. The average Bonchev–Trinajstić information content (AvgIpc) is 2.79. The molecule has 0 saturated heterocycles. The van der Waals surface area contributed by atoms with Gasteiger partial charge in [-0.1, -0.05) is 30.1 Å². The lowest BCUT2D eigenvalue weighted by molar-refractivity contribution is -0.130. The van der Waals surface area contributed by atoms with Crippen molar-refractivity contribution in [2.24, 2.45) is 0 Å². The quantitative estimate of drug-likeness (QED) is 0.285. The van der Waals surface area contributed by atoms with Crippen LogP contribution in [-0.2, 0) is 14.3 Å². The van der Waals surface area contributed by atoms with Gasteiger partial charge in [0.1, 0.15) is 11.5 Å². The molecule has 10 heteroatoms. The lowest BCUT2D eigenvalue weighted by atomic mass is 10.2. The number of benzene rings is 2. The molecule has 0 atom stereocenters. The zero-order valence-corrected chi connectivity index (χ0v) is 19.0. The summed E-state index contributed by atoms with van der Waals surface area (Å²) in [5.41, 5.74) is 4.96. The standard InChI is InChI=1S/C22H24Cl2N2O6/c1-2-11-31-22(29)15-5-8-17(9-6-15)32-14-21(28)26-25-20(27)4-3-12-30-19-10-7-16(23)13-18(19)24/h5-10,13H,2-4,11-12,14H2,1H3,(H,25,27)(H,26,28). The fourth-order valence-corrected chi connectivity index (χ4v) is 2.82. The Labute approximate surface area is 196 Å². The Morgan fingerprint density at radius 1 is 0.906 bits per heavy atom. The molecular weight excluding hydrogens is 459 g/mol. The van der Waals surface area contributed by atoms with Gasteiger partial charge in [-0.2, -0.15) is 0 Å². The molecule has 2 aromatic carbocycles. The third-order valence-electron chi connectivity index (χ3n) is 3.94. The predicted molar refractivity (Wildman–Crippen MR) is 120 cm³/mol. The van der Waals surface area contributed by atoms with E-state index in [0.29, 0.717) is 40.1 Å². The van der Waals surface area contributed by atoms with Crippen molar-refractivity contribution < 1.29 is 28.6 Å². The highest BCUT2D eigenvalue weighted by Crippen LogP contribution is 2.27. The first kappa shape index (κ1) is 25.3. The first-order valence-electron chi connectivity index (χ1n) is 9.94. The number of carbonyl (C=O) groups excluding carboxylic acids is 3. The van der Waals surface area contributed by atoms with Gasteiger partial charge >= 0.3 is 5.97 Å². The maximum absolute atomic E-state index is 11.8. The van der Waals surface area contributed by atoms with Gasteiger partial charge < -0.3 is 14.2 Å². The number of hydrogen-bond acceptors (Lipinski definition) is 6. The molecule has 2 aromatic rings. The number of amides is 2. The van der Waals surface area contributed by atoms with Gasteiger partial charge in [-0.25, -0.2) is 4.79 Å². The molecule has 2 rings (SSSR count). The zero-order chi connectivity index (χ0) is 23.3. The van der Waals surface area contributed by atoms with E-state index in [1.807, 2.05) is 6.92 Å². The minimum absolute atomic E-state index is 0.141. The van der Waals surface area contributed by atoms with Crippen LogP contribution >= 0.6 is 23.2 Å². The monoisotopic (exact) mass is 482 g/mol. The summed E-state index contributed by atoms with van der Waals surface area (Å²) in [5, 5.41) is 0.894. The average molecular weight is 483 g/mol. The first-order valence-corrected chi connectivity index (χ1v) is 10.7. The molecule has 2 N–H and O–H groups in total. The minimum atomic E-state index is -0.533. The molecule has 0 bridgehead atoms. The Kier molecular flexibility index (Phi) is 10.6. The van der Waals surface area contributed by atoms with Gasteiger partial charge in [0, 0.05) is 11.4 Å². The van der Waals surface area contributed by atoms with Crippen LogP contribution in [0, 0.1) is 0 Å². The first-order chi connectivity index (χ1) is 15.4. The second-order valence-corrected chi connectivity index (χ2v) is 7.42. The van der Waals surface area contributed by atoms with E-state index in [-0.39, 0.29) is 25.5 Å². The second-order valence-electron chi connectivity index (χ2n) is 6.57. The van der Waals surface area contributed by atoms with Crippen LogP contribution in [0.15, 0.2) is 42.5 Å². The summed E-state index contributed by atoms with van der Waals surface area (Å²) in [7, 11) is 0. The molecule has 8 nitrogen and oxygen atoms in total. The predicted octanol–water partition coefficient (Wildman–Crippen LogP) is 3.95. The van der Waals surface area contributed by atoms with E-state index in [1.54, 1.807) is 42.5 Å². The normalized spacial score (nSPS) is 10.2. The number of hydrogen-bond donors (Lipinski definition) is 2. The molecule has 2 amide bonds. The highest BCUT2D eigenvalue weighted by Gasteiger charge is 2.09. The number of carbonyl (C=O) groups is 3. The molecule has 0 aliphatic rings. The number of hydrazine groups is 1. The molecule has 0 spiro atoms. The SMILES string of the molecule is CCCOC(=O)c1ccc(OCC(=O)NNC(=O)CCCOc2ccc(Cl)cc2Cl)cc1. The van der Waals surface area contributed by atoms with Crippen molar-refractivity contribution in [2.75, 3.05) is 19.8 Å². The van der Waals surface area contributed by atoms with Crippen LogP contribution in [0.4, 0.5) is 0 Å². The fraction of sp³-hybridized carbons (Fsp3) is 0.318. The van der Waals surface area contributed by atoms with Crippen LogP contribution in [0.25, 0.3) is 0 Å². The maximum Gasteiger partial charge on any atom is 0.338 e. The summed E-state index contributed by atoms with van der Waals surface area (Å²) in [6.45, 7) is 2.23. The summed E-state index contributed by atoms with van der Waals surface area (Å²) in [4.78, 5) is 35.4. The number of esters is 1. The lowest BCUT2D eigenvalue weighted by Gasteiger charge is -2.10. The molecule has 0 aliphatic carbocycles. The summed E-state index contributed by atoms with van der Waals surface area (Å²) in [6.07, 6.45) is 1.30. The molecule has 172 valence electrons. The maximum atomic E-state index is 11.8. The number of halogens is 2. The van der Waals surface area contributed by atoms with Gasteiger partial charge in [-0.05, 0) is 55.3 Å². The van der Waals surface area contributed by atoms with Gasteiger partial charge in [0.25, 0.3) is 5.91 Å². The molecule has 0 heterocycles. The second kappa shape index (κ2) is 13.4. The van der Waals surface area contributed by atoms with E-state index in [0.717, 1.165) is 6.42 Å². The molecule has 0 unspecified atom stereocenters. The van der Waals surface area contributed by atoms with E-state index in [9.17, 15) is 14.4 Å². The Morgan fingerprint density at radius 3 is 2.31 bits per heavy atom. The van der Waals surface area contributed by atoms with Gasteiger partial charge in [-0.15, -0.1) is 0 Å². The fourth-order valence-electron chi connectivity index (χ4n) is 2.36. The van der Waals surface area contributed by atoms with E-state index in [2.05, 4.69) is 10.9 Å². The van der Waals surface area contributed by atoms with Crippen molar-refractivity contribution in [2.45, 2.75) is 26.2 Å². The molecule has 0 saturated carbocycles. The Bertz CT molecular complexity index is 921. The van der Waals surface area contributed by atoms with Crippen molar-refractivity contribution in [1.29, 1.82) is 0 Å². The molecule has 0 radical (unpaired) electrons. The smallest absolute Gasteiger partial charge is 0.338 e. The van der Waals surface area contributed by atoms with Crippen LogP contribution < -0.4 is 20.3 Å². The molecule has 32 heavy (non-hydrogen) atoms. The molecule has 0 fully saturated rings. The molecular formula is C22H24Cl2N2O6. The summed E-state index contributed by atoms with van der Waals surface area (Å²) in [5.74, 6) is -0.446. The zero-order valence-electron chi connectivity index (χ0n) is 17.5. The minimum Gasteiger partial charge on any atom is -0.492 e. The van der Waals surface area contributed by atoms with Gasteiger partial charge in [0.2, 0.25) is 5.91 Å². The van der Waals surface area contributed by atoms with Crippen molar-refractivity contribution in [3.05, 3.63) is 58.1 Å². The number of nitrogens with one attached hydrogen (secondary N) is 2. The van der Waals surface area contributed by atoms with Crippen LogP contribution in [0.5, 0.6) is 11.5 Å². The van der Waals surface area contributed by atoms with Crippen molar-refractivity contribution in [1.82, 2.24) is 10.9 Å². The van der Waals surface area contributed by atoms with E-state index in [1.165, 1.54) is 0 Å². The molecule has 0 aliphatic heterocycles. The highest BCUT2D eigenvalue weighted by atomic mass is 35.5. The van der Waals surface area contributed by atoms with Gasteiger partial charge in [-0.3, -0.25) is 20.4 Å². The topological polar surface area (TPSA) is 103 Å². The van der Waals surface area contributed by atoms with Gasteiger partial charge in [0.15, 0.2) is 6.61 Å². The Hall–Kier alpha value is -2.97. The van der Waals surface area contributed by atoms with Crippen LogP contribution in [-0.4, -0.2) is 37.6 Å². The largest absolute Gasteiger partial charge is 0.492 e. The van der Waals surface area contributed by atoms with E-state index >= 15 is 0 Å². The van der Waals surface area contributed by atoms with Gasteiger partial charge in [0.05, 0.1) is 23.8 Å². The van der Waals surface area contributed by atoms with Crippen LogP contribution in [0.3, 0.4) is 0 Å². The third kappa shape index (κ3) is 9.03. The van der Waals surface area contributed by atoms with E-state index in [4.69, 9.17) is 37.4 Å². The van der Waals surface area contributed by atoms with Crippen molar-refractivity contribution >= 4 is 41.0 Å². The summed E-state index contributed by atoms with van der Waals surface area (Å²) >= 11 is 11.8. The van der Waals surface area contributed by atoms with E-state index < -0.39 is 11.9 Å². The Balaban J connectivity index is 1.61. The van der Waals surface area contributed by atoms with Crippen molar-refractivity contribution in [3.63, 3.8) is 0 Å². The summed E-state index contributed by atoms with van der Waals surface area (Å²) < 4.78 is 15.9. The number of ether oxygens (including phenoxy) is 3. The molecule has 0 aromatic heterocycles. The van der Waals surface area contributed by atoms with Crippen LogP contribution in [0.1, 0.15) is 36.5 Å². The third-order valence-corrected chi connectivity index (χ3v) is 4.47.